The van der Waals surface area contributed by atoms with Gasteiger partial charge in [0.1, 0.15) is 12.2 Å². The van der Waals surface area contributed by atoms with Gasteiger partial charge in [0.05, 0.1) is 12.7 Å². The largest absolute Gasteiger partial charge is 0.394 e. The van der Waals surface area contributed by atoms with E-state index in [0.717, 1.165) is 0 Å². The lowest BCUT2D eigenvalue weighted by molar-refractivity contribution is -0.243. The molecule has 5 nitrogen and oxygen atoms in total. The van der Waals surface area contributed by atoms with Crippen molar-refractivity contribution >= 4 is 0 Å². The number of hydrogen-bond acceptors (Lipinski definition) is 5. The van der Waals surface area contributed by atoms with Crippen molar-refractivity contribution in [1.29, 1.82) is 0 Å². The van der Waals surface area contributed by atoms with Gasteiger partial charge in [-0.3, -0.25) is 0 Å². The molecule has 0 amide bonds. The first-order valence-electron chi connectivity index (χ1n) is 3.84. The lowest BCUT2D eigenvalue weighted by Gasteiger charge is -2.35. The first kappa shape index (κ1) is 9.88. The van der Waals surface area contributed by atoms with Crippen LogP contribution in [-0.4, -0.2) is 53.6 Å². The first-order valence-corrected chi connectivity index (χ1v) is 3.84. The van der Waals surface area contributed by atoms with Crippen LogP contribution in [0.15, 0.2) is 0 Å². The third-order valence-corrected chi connectivity index (χ3v) is 2.01. The Bertz CT molecular complexity index is 126. The highest BCUT2D eigenvalue weighted by atomic mass is 16.6. The van der Waals surface area contributed by atoms with E-state index in [-0.39, 0.29) is 13.0 Å². The molecule has 0 aromatic carbocycles. The van der Waals surface area contributed by atoms with Gasteiger partial charge in [-0.2, -0.15) is 0 Å². The van der Waals surface area contributed by atoms with Gasteiger partial charge < -0.3 is 24.8 Å². The van der Waals surface area contributed by atoms with E-state index in [1.165, 1.54) is 7.11 Å². The summed E-state index contributed by atoms with van der Waals surface area (Å²) >= 11 is 0. The van der Waals surface area contributed by atoms with E-state index in [4.69, 9.17) is 19.7 Å². The van der Waals surface area contributed by atoms with Crippen molar-refractivity contribution in [3.8, 4) is 0 Å². The van der Waals surface area contributed by atoms with Crippen LogP contribution in [0.1, 0.15) is 6.42 Å². The van der Waals surface area contributed by atoms with Crippen LogP contribution in [0.3, 0.4) is 0 Å². The Morgan fingerprint density at radius 1 is 1.50 bits per heavy atom. The van der Waals surface area contributed by atoms with Gasteiger partial charge in [0.25, 0.3) is 0 Å². The van der Waals surface area contributed by atoms with E-state index in [1.54, 1.807) is 0 Å². The fraction of sp³-hybridized carbons (Fsp3) is 1.00. The highest BCUT2D eigenvalue weighted by Gasteiger charge is 2.36. The Hall–Kier alpha value is -0.200. The molecule has 5 heteroatoms. The van der Waals surface area contributed by atoms with Crippen LogP contribution in [-0.2, 0) is 9.47 Å². The van der Waals surface area contributed by atoms with Crippen LogP contribution in [0.25, 0.3) is 0 Å². The molecule has 0 spiro atoms. The van der Waals surface area contributed by atoms with Gasteiger partial charge in [-0.15, -0.1) is 0 Å². The molecule has 0 bridgehead atoms. The number of hydrogen-bond donors (Lipinski definition) is 3. The average molecular weight is 178 g/mol. The fourth-order valence-electron chi connectivity index (χ4n) is 1.30. The molecule has 0 aromatic rings. The van der Waals surface area contributed by atoms with E-state index >= 15 is 0 Å². The van der Waals surface area contributed by atoms with Crippen molar-refractivity contribution in [1.82, 2.24) is 0 Å². The van der Waals surface area contributed by atoms with Crippen molar-refractivity contribution in [2.45, 2.75) is 31.0 Å². The zero-order valence-corrected chi connectivity index (χ0v) is 6.88. The lowest BCUT2D eigenvalue weighted by Crippen LogP contribution is -2.50. The molecule has 0 aromatic heterocycles. The van der Waals surface area contributed by atoms with Gasteiger partial charge in [-0.1, -0.05) is 0 Å². The molecule has 3 N–H and O–H groups in total. The van der Waals surface area contributed by atoms with Crippen molar-refractivity contribution in [2.75, 3.05) is 13.7 Å². The maximum absolute atomic E-state index is 9.43. The standard InChI is InChI=1S/C7H14O5/c1-11-4-2-6(9)12-5(3-8)7(4)10/h4-10H,2-3H2,1H3/t4-,5+,6-,7+/m0/s1. The van der Waals surface area contributed by atoms with Gasteiger partial charge in [0.2, 0.25) is 0 Å². The molecule has 0 radical (unpaired) electrons. The summed E-state index contributed by atoms with van der Waals surface area (Å²) in [6, 6.07) is 0. The summed E-state index contributed by atoms with van der Waals surface area (Å²) in [5.74, 6) is 0. The Morgan fingerprint density at radius 2 is 2.17 bits per heavy atom. The number of aliphatic hydroxyl groups excluding tert-OH is 3. The van der Waals surface area contributed by atoms with Gasteiger partial charge in [-0.05, 0) is 0 Å². The monoisotopic (exact) mass is 178 g/mol. The second kappa shape index (κ2) is 4.15. The molecule has 1 heterocycles. The van der Waals surface area contributed by atoms with Gasteiger partial charge >= 0.3 is 0 Å². The Kier molecular flexibility index (Phi) is 3.42. The van der Waals surface area contributed by atoms with Crippen molar-refractivity contribution in [2.24, 2.45) is 0 Å². The third-order valence-electron chi connectivity index (χ3n) is 2.01. The normalized spacial score (nSPS) is 43.0. The molecule has 72 valence electrons. The summed E-state index contributed by atoms with van der Waals surface area (Å²) in [6.45, 7) is -0.321. The van der Waals surface area contributed by atoms with Crippen molar-refractivity contribution in [3.63, 3.8) is 0 Å². The summed E-state index contributed by atoms with van der Waals surface area (Å²) in [7, 11) is 1.44. The minimum atomic E-state index is -0.963. The summed E-state index contributed by atoms with van der Waals surface area (Å²) in [4.78, 5) is 0. The molecule has 0 saturated carbocycles. The average Bonchev–Trinajstić information content (AvgIpc) is 2.08. The van der Waals surface area contributed by atoms with Gasteiger partial charge in [0.15, 0.2) is 6.29 Å². The second-order valence-corrected chi connectivity index (χ2v) is 2.81. The van der Waals surface area contributed by atoms with Crippen LogP contribution in [0.4, 0.5) is 0 Å². The molecular formula is C7H14O5. The summed E-state index contributed by atoms with van der Waals surface area (Å²) in [5.41, 5.74) is 0. The van der Waals surface area contributed by atoms with E-state index in [0.29, 0.717) is 0 Å². The molecule has 1 fully saturated rings. The summed E-state index contributed by atoms with van der Waals surface area (Å²) in [5, 5.41) is 27.3. The summed E-state index contributed by atoms with van der Waals surface area (Å²) < 4.78 is 9.76. The zero-order valence-electron chi connectivity index (χ0n) is 6.88. The number of ether oxygens (including phenoxy) is 2. The van der Waals surface area contributed by atoms with Gasteiger partial charge in [0, 0.05) is 13.5 Å². The van der Waals surface area contributed by atoms with E-state index in [9.17, 15) is 5.11 Å². The predicted octanol–water partition coefficient (Wildman–Crippen LogP) is -1.54. The number of aliphatic hydroxyl groups is 3. The zero-order chi connectivity index (χ0) is 9.14. The maximum Gasteiger partial charge on any atom is 0.157 e. The smallest absolute Gasteiger partial charge is 0.157 e. The van der Waals surface area contributed by atoms with Crippen LogP contribution >= 0.6 is 0 Å². The van der Waals surface area contributed by atoms with Crippen molar-refractivity contribution < 1.29 is 24.8 Å². The van der Waals surface area contributed by atoms with Crippen molar-refractivity contribution in [3.05, 3.63) is 0 Å². The fourth-order valence-corrected chi connectivity index (χ4v) is 1.30. The molecular weight excluding hydrogens is 164 g/mol. The minimum absolute atomic E-state index is 0.230. The van der Waals surface area contributed by atoms with Crippen LogP contribution in [0.2, 0.25) is 0 Å². The first-order chi connectivity index (χ1) is 5.69. The van der Waals surface area contributed by atoms with E-state index < -0.39 is 24.6 Å². The SMILES string of the molecule is CO[C@H]1C[C@@H](O)O[C@H](CO)[C@@H]1O. The van der Waals surface area contributed by atoms with E-state index in [2.05, 4.69) is 0 Å². The van der Waals surface area contributed by atoms with Crippen LogP contribution in [0, 0.1) is 0 Å². The highest BCUT2D eigenvalue weighted by molar-refractivity contribution is 4.82. The van der Waals surface area contributed by atoms with Crippen LogP contribution < -0.4 is 0 Å². The molecule has 1 rings (SSSR count). The minimum Gasteiger partial charge on any atom is -0.394 e. The Balaban J connectivity index is 2.55. The Labute approximate surface area is 70.5 Å². The van der Waals surface area contributed by atoms with Crippen LogP contribution in [0.5, 0.6) is 0 Å². The third kappa shape index (κ3) is 1.94. The summed E-state index contributed by atoms with van der Waals surface area (Å²) in [6.07, 6.45) is -2.82. The number of rotatable bonds is 2. The topological polar surface area (TPSA) is 79.2 Å². The molecule has 0 unspecified atom stereocenters. The molecule has 1 aliphatic heterocycles. The molecule has 1 saturated heterocycles. The molecule has 0 aliphatic carbocycles. The molecule has 1 aliphatic rings. The Morgan fingerprint density at radius 3 is 2.67 bits per heavy atom. The number of methoxy groups -OCH3 is 1. The predicted molar refractivity (Wildman–Crippen MR) is 39.4 cm³/mol. The maximum atomic E-state index is 9.43. The molecule has 4 atom stereocenters. The highest BCUT2D eigenvalue weighted by Crippen LogP contribution is 2.20. The van der Waals surface area contributed by atoms with E-state index in [1.807, 2.05) is 0 Å². The second-order valence-electron chi connectivity index (χ2n) is 2.81. The quantitative estimate of drug-likeness (QED) is 0.477. The van der Waals surface area contributed by atoms with Gasteiger partial charge in [-0.25, -0.2) is 0 Å². The lowest BCUT2D eigenvalue weighted by atomic mass is 10.0. The molecule has 12 heavy (non-hydrogen) atoms.